The van der Waals surface area contributed by atoms with Gasteiger partial charge in [-0.2, -0.15) is 0 Å². The third-order valence-electron chi connectivity index (χ3n) is 5.47. The van der Waals surface area contributed by atoms with Crippen molar-refractivity contribution in [1.29, 1.82) is 0 Å². The van der Waals surface area contributed by atoms with E-state index in [2.05, 4.69) is 9.98 Å². The van der Waals surface area contributed by atoms with Gasteiger partial charge in [0, 0.05) is 48.1 Å². The van der Waals surface area contributed by atoms with Crippen LogP contribution in [0, 0.1) is 0 Å². The molecule has 2 atom stereocenters. The minimum Gasteiger partial charge on any atom is -0.549 e. The first-order chi connectivity index (χ1) is 17.2. The molecule has 4 aromatic rings. The molecule has 188 valence electrons. The van der Waals surface area contributed by atoms with Crippen molar-refractivity contribution >= 4 is 83.7 Å². The zero-order valence-corrected chi connectivity index (χ0v) is 24.9. The van der Waals surface area contributed by atoms with Gasteiger partial charge in [0.25, 0.3) is 0 Å². The molecule has 37 heavy (non-hydrogen) atoms. The standard InChI is InChI=1S/2C13H14N2O2S.Ca/c2*1-9(12(16)17)11-8-18-13(15(11)2)14-10-6-4-3-5-7-10;/h2*3-9H,1-2H3,(H,16,17);/q;;+2/p-2. The van der Waals surface area contributed by atoms with Crippen LogP contribution in [-0.4, -0.2) is 58.8 Å². The summed E-state index contributed by atoms with van der Waals surface area (Å²) >= 11 is 2.84. The smallest absolute Gasteiger partial charge is 0.549 e. The zero-order chi connectivity index (χ0) is 26.2. The van der Waals surface area contributed by atoms with Crippen LogP contribution in [0.5, 0.6) is 0 Å². The van der Waals surface area contributed by atoms with E-state index in [4.69, 9.17) is 0 Å². The van der Waals surface area contributed by atoms with Gasteiger partial charge in [0.2, 0.25) is 0 Å². The van der Waals surface area contributed by atoms with Gasteiger partial charge in [-0.15, -0.1) is 22.7 Å². The SMILES string of the molecule is CC(C(=O)[O-])c1csc(=Nc2ccccc2)n1C.CC(C(=O)[O-])c1csc(=Nc2ccccc2)n1C.[Ca+2]. The molecule has 0 aliphatic carbocycles. The van der Waals surface area contributed by atoms with E-state index in [0.717, 1.165) is 21.0 Å². The van der Waals surface area contributed by atoms with E-state index in [-0.39, 0.29) is 37.7 Å². The molecule has 0 saturated carbocycles. The van der Waals surface area contributed by atoms with Crippen LogP contribution in [0.2, 0.25) is 0 Å². The molecule has 0 aliphatic rings. The maximum absolute atomic E-state index is 10.9. The number of carbonyl (C=O) groups is 2. The predicted octanol–water partition coefficient (Wildman–Crippen LogP) is 1.96. The Kier molecular flexibility index (Phi) is 12.0. The largest absolute Gasteiger partial charge is 2.00 e. The molecule has 0 saturated heterocycles. The van der Waals surface area contributed by atoms with E-state index >= 15 is 0 Å². The van der Waals surface area contributed by atoms with Gasteiger partial charge in [-0.3, -0.25) is 0 Å². The summed E-state index contributed by atoms with van der Waals surface area (Å²) in [5.74, 6) is -3.42. The molecule has 0 aliphatic heterocycles. The van der Waals surface area contributed by atoms with Gasteiger partial charge >= 0.3 is 37.7 Å². The number of hydrogen-bond acceptors (Lipinski definition) is 8. The molecule has 2 unspecified atom stereocenters. The summed E-state index contributed by atoms with van der Waals surface area (Å²) < 4.78 is 3.58. The molecule has 0 spiro atoms. The summed E-state index contributed by atoms with van der Waals surface area (Å²) in [6.07, 6.45) is 0. The summed E-state index contributed by atoms with van der Waals surface area (Å²) in [4.78, 5) is 32.2. The fourth-order valence-corrected chi connectivity index (χ4v) is 5.24. The normalized spacial score (nSPS) is 13.2. The first kappa shape index (κ1) is 30.7. The van der Waals surface area contributed by atoms with Crippen molar-refractivity contribution < 1.29 is 19.8 Å². The molecular weight excluding hydrogens is 537 g/mol. The van der Waals surface area contributed by atoms with Crippen LogP contribution in [0.1, 0.15) is 37.1 Å². The number of carboxylic acid groups (broad SMARTS) is 2. The van der Waals surface area contributed by atoms with Gasteiger partial charge in [0.1, 0.15) is 0 Å². The average Bonchev–Trinajstić information content (AvgIpc) is 3.41. The summed E-state index contributed by atoms with van der Waals surface area (Å²) in [5, 5.41) is 25.4. The van der Waals surface area contributed by atoms with Gasteiger partial charge in [0.15, 0.2) is 9.60 Å². The molecule has 2 heterocycles. The Morgan fingerprint density at radius 2 is 1.03 bits per heavy atom. The van der Waals surface area contributed by atoms with Gasteiger partial charge in [-0.1, -0.05) is 50.2 Å². The molecule has 0 fully saturated rings. The zero-order valence-electron chi connectivity index (χ0n) is 21.0. The van der Waals surface area contributed by atoms with Crippen molar-refractivity contribution in [2.24, 2.45) is 24.1 Å². The number of carbonyl (C=O) groups excluding carboxylic acids is 2. The molecule has 8 nitrogen and oxygen atoms in total. The van der Waals surface area contributed by atoms with E-state index < -0.39 is 23.8 Å². The van der Waals surface area contributed by atoms with E-state index in [1.165, 1.54) is 22.7 Å². The minimum absolute atomic E-state index is 0. The quantitative estimate of drug-likeness (QED) is 0.334. The number of aliphatic carboxylic acids is 2. The molecule has 0 radical (unpaired) electrons. The first-order valence-corrected chi connectivity index (χ1v) is 12.8. The minimum atomic E-state index is -1.07. The molecule has 0 bridgehead atoms. The van der Waals surface area contributed by atoms with Gasteiger partial charge in [-0.05, 0) is 24.3 Å². The second kappa shape index (κ2) is 14.4. The Morgan fingerprint density at radius 1 is 0.703 bits per heavy atom. The van der Waals surface area contributed by atoms with Crippen LogP contribution in [0.4, 0.5) is 11.4 Å². The number of para-hydroxylation sites is 2. The van der Waals surface area contributed by atoms with Crippen molar-refractivity contribution in [2.75, 3.05) is 0 Å². The molecule has 4 rings (SSSR count). The Balaban J connectivity index is 0.000000253. The maximum Gasteiger partial charge on any atom is 2.00 e. The van der Waals surface area contributed by atoms with Crippen LogP contribution in [0.25, 0.3) is 0 Å². The monoisotopic (exact) mass is 562 g/mol. The second-order valence-electron chi connectivity index (χ2n) is 7.98. The summed E-state index contributed by atoms with van der Waals surface area (Å²) in [6.45, 7) is 3.23. The predicted molar refractivity (Wildman–Crippen MR) is 143 cm³/mol. The van der Waals surface area contributed by atoms with Crippen LogP contribution >= 0.6 is 22.7 Å². The van der Waals surface area contributed by atoms with E-state index in [1.54, 1.807) is 23.0 Å². The third-order valence-corrected chi connectivity index (χ3v) is 7.35. The molecule has 0 N–H and O–H groups in total. The fourth-order valence-electron chi connectivity index (χ4n) is 3.22. The van der Waals surface area contributed by atoms with Gasteiger partial charge in [-0.25, -0.2) is 9.98 Å². The Bertz CT molecular complexity index is 1350. The van der Waals surface area contributed by atoms with E-state index in [1.807, 2.05) is 85.5 Å². The molecule has 2 aromatic carbocycles. The van der Waals surface area contributed by atoms with Crippen molar-refractivity contribution in [3.05, 3.63) is 92.4 Å². The number of carboxylic acids is 2. The number of nitrogens with zero attached hydrogens (tertiary/aromatic N) is 4. The summed E-state index contributed by atoms with van der Waals surface area (Å²) in [7, 11) is 3.63. The Labute approximate surface area is 252 Å². The fraction of sp³-hybridized carbons (Fsp3) is 0.231. The molecule has 11 heteroatoms. The molecule has 2 aromatic heterocycles. The second-order valence-corrected chi connectivity index (χ2v) is 9.65. The first-order valence-electron chi connectivity index (χ1n) is 11.1. The Hall–Kier alpha value is -2.50. The van der Waals surface area contributed by atoms with Crippen molar-refractivity contribution in [3.63, 3.8) is 0 Å². The number of hydrogen-bond donors (Lipinski definition) is 0. The van der Waals surface area contributed by atoms with Crippen LogP contribution in [-0.2, 0) is 23.7 Å². The van der Waals surface area contributed by atoms with Crippen LogP contribution < -0.4 is 19.8 Å². The van der Waals surface area contributed by atoms with Crippen LogP contribution in [0.15, 0.2) is 81.4 Å². The van der Waals surface area contributed by atoms with Crippen LogP contribution in [0.3, 0.4) is 0 Å². The topological polar surface area (TPSA) is 115 Å². The number of thiazole rings is 2. The van der Waals surface area contributed by atoms with Gasteiger partial charge in [0.05, 0.1) is 23.3 Å². The number of aromatic nitrogens is 2. The summed E-state index contributed by atoms with van der Waals surface area (Å²) in [6, 6.07) is 19.1. The van der Waals surface area contributed by atoms with Gasteiger partial charge < -0.3 is 28.9 Å². The van der Waals surface area contributed by atoms with E-state index in [0.29, 0.717) is 11.4 Å². The van der Waals surface area contributed by atoms with E-state index in [9.17, 15) is 19.8 Å². The number of benzene rings is 2. The summed E-state index contributed by atoms with van der Waals surface area (Å²) in [5.41, 5.74) is 3.11. The molecule has 0 amide bonds. The van der Waals surface area contributed by atoms with Crippen molar-refractivity contribution in [3.8, 4) is 0 Å². The average molecular weight is 563 g/mol. The Morgan fingerprint density at radius 3 is 1.32 bits per heavy atom. The molecular formula is C26H26CaN4O4S2. The van der Waals surface area contributed by atoms with Crippen molar-refractivity contribution in [2.45, 2.75) is 25.7 Å². The number of rotatable bonds is 6. The third kappa shape index (κ3) is 8.24. The van der Waals surface area contributed by atoms with Crippen molar-refractivity contribution in [1.82, 2.24) is 9.13 Å². The maximum atomic E-state index is 10.9.